The zero-order valence-corrected chi connectivity index (χ0v) is 19.8. The molecule has 0 aromatic carbocycles. The van der Waals surface area contributed by atoms with Gasteiger partial charge in [0.1, 0.15) is 0 Å². The van der Waals surface area contributed by atoms with Gasteiger partial charge < -0.3 is 0 Å². The lowest BCUT2D eigenvalue weighted by molar-refractivity contribution is 1.22. The highest BCUT2D eigenvalue weighted by molar-refractivity contribution is 6.54. The van der Waals surface area contributed by atoms with E-state index in [0.29, 0.717) is 0 Å². The Morgan fingerprint density at radius 3 is 0.643 bits per heavy atom. The topological polar surface area (TPSA) is 49.4 Å². The van der Waals surface area contributed by atoms with Crippen molar-refractivity contribution < 1.29 is 0 Å². The first-order valence-electron chi connectivity index (χ1n) is 9.68. The van der Waals surface area contributed by atoms with Crippen molar-refractivity contribution in [3.8, 4) is 0 Å². The second-order valence-electron chi connectivity index (χ2n) is 7.29. The summed E-state index contributed by atoms with van der Waals surface area (Å²) in [5.41, 5.74) is 14.4. The number of hydrogen-bond acceptors (Lipinski definition) is 4. The summed E-state index contributed by atoms with van der Waals surface area (Å²) in [5, 5.41) is 0. The zero-order chi connectivity index (χ0) is 21.8. The van der Waals surface area contributed by atoms with Crippen molar-refractivity contribution in [1.29, 1.82) is 0 Å². The minimum Gasteiger partial charge on any atom is -0.288 e. The molecule has 0 spiro atoms. The third-order valence-electron chi connectivity index (χ3n) is 6.06. The molecule has 0 unspecified atom stereocenters. The van der Waals surface area contributed by atoms with E-state index in [9.17, 15) is 0 Å². The van der Waals surface area contributed by atoms with Crippen LogP contribution in [0.3, 0.4) is 0 Å². The molecule has 0 atom stereocenters. The summed E-state index contributed by atoms with van der Waals surface area (Å²) in [7, 11) is 7.34. The van der Waals surface area contributed by atoms with Crippen LogP contribution < -0.4 is 0 Å². The predicted molar refractivity (Wildman–Crippen MR) is 127 cm³/mol. The summed E-state index contributed by atoms with van der Waals surface area (Å²) in [6.07, 6.45) is 0. The van der Waals surface area contributed by atoms with E-state index < -0.39 is 0 Å². The van der Waals surface area contributed by atoms with Crippen molar-refractivity contribution in [2.24, 2.45) is 20.0 Å². The van der Waals surface area contributed by atoms with E-state index in [1.54, 1.807) is 0 Å². The van der Waals surface area contributed by atoms with Gasteiger partial charge in [0.05, 0.1) is 22.8 Å². The molecule has 0 N–H and O–H groups in total. The third-order valence-corrected chi connectivity index (χ3v) is 6.06. The Balaban J connectivity index is 0.000000280. The molecule has 0 aliphatic heterocycles. The molecule has 2 rings (SSSR count). The Morgan fingerprint density at radius 2 is 0.464 bits per heavy atom. The van der Waals surface area contributed by atoms with Crippen LogP contribution in [0.25, 0.3) is 0 Å². The standard InChI is InChI=1S/2C12H18N2/c1-7-8(2)12(14-6)10(4)9(3)11(7)13-5;1-7-8(2)10(4)12(14-6)11(13-5)9(7)3/h2*1-6H3. The van der Waals surface area contributed by atoms with Gasteiger partial charge >= 0.3 is 0 Å². The molecule has 2 aliphatic carbocycles. The lowest BCUT2D eigenvalue weighted by Gasteiger charge is -2.21. The molecule has 0 saturated heterocycles. The lowest BCUT2D eigenvalue weighted by atomic mass is 9.85. The number of rotatable bonds is 0. The molecule has 0 fully saturated rings. The van der Waals surface area contributed by atoms with Gasteiger partial charge in [0, 0.05) is 28.2 Å². The van der Waals surface area contributed by atoms with Crippen molar-refractivity contribution in [3.05, 3.63) is 44.6 Å². The van der Waals surface area contributed by atoms with Crippen LogP contribution in [-0.4, -0.2) is 51.0 Å². The highest BCUT2D eigenvalue weighted by Crippen LogP contribution is 2.27. The van der Waals surface area contributed by atoms with Gasteiger partial charge in [-0.15, -0.1) is 0 Å². The minimum absolute atomic E-state index is 1.04. The van der Waals surface area contributed by atoms with Gasteiger partial charge in [-0.3, -0.25) is 20.0 Å². The molecule has 0 bridgehead atoms. The first-order valence-corrected chi connectivity index (χ1v) is 9.68. The molecular weight excluding hydrogens is 344 g/mol. The van der Waals surface area contributed by atoms with E-state index in [0.717, 1.165) is 22.8 Å². The van der Waals surface area contributed by atoms with Crippen molar-refractivity contribution in [3.63, 3.8) is 0 Å². The zero-order valence-electron chi connectivity index (χ0n) is 19.8. The minimum atomic E-state index is 1.04. The van der Waals surface area contributed by atoms with Crippen molar-refractivity contribution in [2.45, 2.75) is 55.4 Å². The molecule has 2 aliphatic rings. The third kappa shape index (κ3) is 4.21. The fraction of sp³-hybridized carbons (Fsp3) is 0.500. The van der Waals surface area contributed by atoms with Crippen LogP contribution in [0.5, 0.6) is 0 Å². The van der Waals surface area contributed by atoms with E-state index >= 15 is 0 Å². The summed E-state index contributed by atoms with van der Waals surface area (Å²) in [6.45, 7) is 16.9. The summed E-state index contributed by atoms with van der Waals surface area (Å²) in [6, 6.07) is 0. The molecular formula is C24H36N4. The van der Waals surface area contributed by atoms with E-state index in [1.807, 2.05) is 28.2 Å². The molecule has 0 heterocycles. The Morgan fingerprint density at radius 1 is 0.286 bits per heavy atom. The SMILES string of the molecule is CN=C1C(=NC)C(C)=C(C)C(C)=C1C.CN=C1C(C)=C(C)C(=NC)C(C)=C1C. The maximum Gasteiger partial charge on any atom is 0.0857 e. The summed E-state index contributed by atoms with van der Waals surface area (Å²) >= 11 is 0. The largest absolute Gasteiger partial charge is 0.288 e. The second kappa shape index (κ2) is 9.72. The normalized spacial score (nSPS) is 21.0. The molecule has 0 amide bonds. The van der Waals surface area contributed by atoms with Gasteiger partial charge in [-0.2, -0.15) is 0 Å². The van der Waals surface area contributed by atoms with Crippen molar-refractivity contribution in [1.82, 2.24) is 0 Å². The van der Waals surface area contributed by atoms with Crippen LogP contribution in [0.1, 0.15) is 55.4 Å². The number of allylic oxidation sites excluding steroid dienone is 8. The molecule has 0 aromatic rings. The Kier molecular flexibility index (Phi) is 8.22. The fourth-order valence-corrected chi connectivity index (χ4v) is 3.76. The Labute approximate surface area is 171 Å². The first-order chi connectivity index (χ1) is 13.1. The molecule has 0 radical (unpaired) electrons. The van der Waals surface area contributed by atoms with Crippen LogP contribution in [0.4, 0.5) is 0 Å². The highest BCUT2D eigenvalue weighted by atomic mass is 14.8. The van der Waals surface area contributed by atoms with Crippen LogP contribution >= 0.6 is 0 Å². The van der Waals surface area contributed by atoms with Gasteiger partial charge in [0.2, 0.25) is 0 Å². The highest BCUT2D eigenvalue weighted by Gasteiger charge is 2.22. The summed E-state index contributed by atoms with van der Waals surface area (Å²) < 4.78 is 0. The maximum absolute atomic E-state index is 4.33. The molecule has 152 valence electrons. The number of hydrogen-bond donors (Lipinski definition) is 0. The number of aliphatic imine (C=N–C) groups is 4. The predicted octanol–water partition coefficient (Wildman–Crippen LogP) is 5.63. The molecule has 0 aromatic heterocycles. The Hall–Kier alpha value is -2.36. The Bertz CT molecular complexity index is 798. The van der Waals surface area contributed by atoms with Gasteiger partial charge in [-0.25, -0.2) is 0 Å². The van der Waals surface area contributed by atoms with Gasteiger partial charge in [-0.1, -0.05) is 0 Å². The van der Waals surface area contributed by atoms with Gasteiger partial charge in [0.15, 0.2) is 0 Å². The van der Waals surface area contributed by atoms with Crippen LogP contribution in [-0.2, 0) is 0 Å². The quantitative estimate of drug-likeness (QED) is 0.386. The van der Waals surface area contributed by atoms with E-state index in [2.05, 4.69) is 75.4 Å². The molecule has 4 heteroatoms. The van der Waals surface area contributed by atoms with Crippen molar-refractivity contribution >= 4 is 22.8 Å². The monoisotopic (exact) mass is 380 g/mol. The lowest BCUT2D eigenvalue weighted by Crippen LogP contribution is -2.23. The summed E-state index contributed by atoms with van der Waals surface area (Å²) in [5.74, 6) is 0. The van der Waals surface area contributed by atoms with E-state index in [-0.39, 0.29) is 0 Å². The molecule has 0 saturated carbocycles. The van der Waals surface area contributed by atoms with Gasteiger partial charge in [-0.05, 0) is 100.0 Å². The summed E-state index contributed by atoms with van der Waals surface area (Å²) in [4.78, 5) is 17.3. The average Bonchev–Trinajstić information content (AvgIpc) is 2.69. The maximum atomic E-state index is 4.33. The van der Waals surface area contributed by atoms with E-state index in [1.165, 1.54) is 44.6 Å². The van der Waals surface area contributed by atoms with Crippen LogP contribution in [0.2, 0.25) is 0 Å². The molecule has 4 nitrogen and oxygen atoms in total. The van der Waals surface area contributed by atoms with Crippen molar-refractivity contribution in [2.75, 3.05) is 28.2 Å². The molecule has 28 heavy (non-hydrogen) atoms. The van der Waals surface area contributed by atoms with Crippen LogP contribution in [0.15, 0.2) is 64.6 Å². The number of nitrogens with zero attached hydrogens (tertiary/aromatic N) is 4. The first kappa shape index (κ1) is 23.7. The van der Waals surface area contributed by atoms with Crippen LogP contribution in [0, 0.1) is 0 Å². The smallest absolute Gasteiger partial charge is 0.0857 e. The average molecular weight is 381 g/mol. The van der Waals surface area contributed by atoms with E-state index in [4.69, 9.17) is 0 Å². The van der Waals surface area contributed by atoms with Gasteiger partial charge in [0.25, 0.3) is 0 Å². The fourth-order valence-electron chi connectivity index (χ4n) is 3.76. The second-order valence-corrected chi connectivity index (χ2v) is 7.29.